The van der Waals surface area contributed by atoms with Crippen molar-refractivity contribution in [3.63, 3.8) is 0 Å². The normalized spacial score (nSPS) is 21.6. The van der Waals surface area contributed by atoms with E-state index in [4.69, 9.17) is 21.1 Å². The third-order valence-electron chi connectivity index (χ3n) is 2.60. The lowest BCUT2D eigenvalue weighted by Gasteiger charge is -2.32. The van der Waals surface area contributed by atoms with Crippen molar-refractivity contribution in [3.05, 3.63) is 23.2 Å². The molecule has 1 aromatic carbocycles. The first-order valence-corrected chi connectivity index (χ1v) is 5.82. The van der Waals surface area contributed by atoms with E-state index in [1.54, 1.807) is 19.1 Å². The van der Waals surface area contributed by atoms with E-state index < -0.39 is 17.5 Å². The zero-order valence-corrected chi connectivity index (χ0v) is 10.7. The Morgan fingerprint density at radius 2 is 2.28 bits per heavy atom. The molecule has 0 unspecified atom stereocenters. The molecular weight excluding hydrogens is 258 g/mol. The molecule has 0 bridgehead atoms. The van der Waals surface area contributed by atoms with Gasteiger partial charge < -0.3 is 14.8 Å². The molecule has 0 aromatic heterocycles. The first-order valence-electron chi connectivity index (χ1n) is 5.44. The zero-order chi connectivity index (χ0) is 13.3. The number of carbonyl (C=O) groups is 2. The molecule has 0 saturated heterocycles. The van der Waals surface area contributed by atoms with Gasteiger partial charge in [0.2, 0.25) is 0 Å². The van der Waals surface area contributed by atoms with E-state index in [9.17, 15) is 9.59 Å². The van der Waals surface area contributed by atoms with Crippen LogP contribution in [0.2, 0.25) is 5.02 Å². The molecule has 1 amide bonds. The number of amides is 1. The molecule has 1 N–H and O–H groups in total. The average Bonchev–Trinajstić information content (AvgIpc) is 2.31. The first kappa shape index (κ1) is 12.7. The van der Waals surface area contributed by atoms with Gasteiger partial charge in [-0.3, -0.25) is 4.79 Å². The second-order valence-corrected chi connectivity index (χ2v) is 4.39. The summed E-state index contributed by atoms with van der Waals surface area (Å²) in [4.78, 5) is 23.7. The summed E-state index contributed by atoms with van der Waals surface area (Å²) < 4.78 is 10.3. The summed E-state index contributed by atoms with van der Waals surface area (Å²) in [5.41, 5.74) is -1.21. The molecule has 18 heavy (non-hydrogen) atoms. The highest BCUT2D eigenvalue weighted by Crippen LogP contribution is 2.36. The fraction of sp³-hybridized carbons (Fsp3) is 0.333. The predicted molar refractivity (Wildman–Crippen MR) is 65.7 cm³/mol. The number of ether oxygens (including phenoxy) is 2. The van der Waals surface area contributed by atoms with E-state index in [1.165, 1.54) is 13.0 Å². The minimum absolute atomic E-state index is 0.174. The second kappa shape index (κ2) is 4.49. The molecule has 1 atom stereocenters. The highest BCUT2D eigenvalue weighted by Gasteiger charge is 2.48. The summed E-state index contributed by atoms with van der Waals surface area (Å²) in [6.45, 7) is 3.20. The summed E-state index contributed by atoms with van der Waals surface area (Å²) in [6, 6.07) is 4.77. The van der Waals surface area contributed by atoms with Crippen LogP contribution in [0.4, 0.5) is 5.69 Å². The van der Waals surface area contributed by atoms with Gasteiger partial charge in [0.15, 0.2) is 0 Å². The Bertz CT molecular complexity index is 517. The van der Waals surface area contributed by atoms with Crippen LogP contribution in [0.1, 0.15) is 13.8 Å². The number of halogens is 1. The number of hydrogen-bond donors (Lipinski definition) is 1. The standard InChI is InChI=1S/C12H12ClNO4/c1-3-17-11(16)12(2)10(15)14-8-5-4-7(13)6-9(8)18-12/h4-6H,3H2,1-2H3,(H,14,15)/t12-/m1/s1. The van der Waals surface area contributed by atoms with Crippen LogP contribution >= 0.6 is 11.6 Å². The quantitative estimate of drug-likeness (QED) is 0.659. The molecule has 0 fully saturated rings. The van der Waals surface area contributed by atoms with Crippen LogP contribution in [0.25, 0.3) is 0 Å². The third kappa shape index (κ3) is 2.01. The number of fused-ring (bicyclic) bond motifs is 1. The van der Waals surface area contributed by atoms with Gasteiger partial charge in [-0.2, -0.15) is 0 Å². The molecule has 0 spiro atoms. The van der Waals surface area contributed by atoms with E-state index in [2.05, 4.69) is 5.32 Å². The fourth-order valence-corrected chi connectivity index (χ4v) is 1.76. The summed E-state index contributed by atoms with van der Waals surface area (Å²) >= 11 is 5.84. The Labute approximate surface area is 109 Å². The Hall–Kier alpha value is -1.75. The maximum atomic E-state index is 11.9. The topological polar surface area (TPSA) is 64.6 Å². The van der Waals surface area contributed by atoms with Crippen molar-refractivity contribution in [1.82, 2.24) is 0 Å². The van der Waals surface area contributed by atoms with Crippen LogP contribution in [0.5, 0.6) is 5.75 Å². The van der Waals surface area contributed by atoms with Crippen LogP contribution in [-0.2, 0) is 14.3 Å². The molecule has 1 aliphatic heterocycles. The molecule has 96 valence electrons. The van der Waals surface area contributed by atoms with Crippen molar-refractivity contribution in [3.8, 4) is 5.75 Å². The smallest absolute Gasteiger partial charge is 0.360 e. The van der Waals surface area contributed by atoms with E-state index in [0.29, 0.717) is 16.5 Å². The van der Waals surface area contributed by atoms with Gasteiger partial charge in [-0.1, -0.05) is 11.6 Å². The van der Waals surface area contributed by atoms with E-state index >= 15 is 0 Å². The van der Waals surface area contributed by atoms with Gasteiger partial charge in [-0.15, -0.1) is 0 Å². The molecular formula is C12H12ClNO4. The predicted octanol–water partition coefficient (Wildman–Crippen LogP) is 1.99. The fourth-order valence-electron chi connectivity index (χ4n) is 1.59. The highest BCUT2D eigenvalue weighted by molar-refractivity contribution is 6.31. The van der Waals surface area contributed by atoms with Gasteiger partial charge in [-0.25, -0.2) is 4.79 Å². The van der Waals surface area contributed by atoms with Crippen molar-refractivity contribution < 1.29 is 19.1 Å². The van der Waals surface area contributed by atoms with Gasteiger partial charge in [0.05, 0.1) is 12.3 Å². The van der Waals surface area contributed by atoms with Crippen molar-refractivity contribution in [2.45, 2.75) is 19.4 Å². The number of nitrogens with one attached hydrogen (secondary N) is 1. The summed E-state index contributed by atoms with van der Waals surface area (Å²) in [5.74, 6) is -0.943. The molecule has 5 nitrogen and oxygen atoms in total. The van der Waals surface area contributed by atoms with Crippen molar-refractivity contribution in [1.29, 1.82) is 0 Å². The monoisotopic (exact) mass is 269 g/mol. The van der Waals surface area contributed by atoms with Crippen molar-refractivity contribution >= 4 is 29.2 Å². The van der Waals surface area contributed by atoms with Gasteiger partial charge in [0.25, 0.3) is 11.5 Å². The van der Waals surface area contributed by atoms with E-state index in [0.717, 1.165) is 0 Å². The number of hydrogen-bond acceptors (Lipinski definition) is 4. The average molecular weight is 270 g/mol. The van der Waals surface area contributed by atoms with Gasteiger partial charge in [0, 0.05) is 11.1 Å². The van der Waals surface area contributed by atoms with Crippen molar-refractivity contribution in [2.75, 3.05) is 11.9 Å². The second-order valence-electron chi connectivity index (χ2n) is 3.95. The number of benzene rings is 1. The third-order valence-corrected chi connectivity index (χ3v) is 2.84. The number of anilines is 1. The van der Waals surface area contributed by atoms with Crippen LogP contribution in [0.3, 0.4) is 0 Å². The maximum Gasteiger partial charge on any atom is 0.360 e. The zero-order valence-electron chi connectivity index (χ0n) is 9.95. The lowest BCUT2D eigenvalue weighted by Crippen LogP contribution is -2.55. The number of carbonyl (C=O) groups excluding carboxylic acids is 2. The minimum Gasteiger partial charge on any atom is -0.464 e. The Balaban J connectivity index is 2.37. The van der Waals surface area contributed by atoms with Crippen LogP contribution in [0.15, 0.2) is 18.2 Å². The Morgan fingerprint density at radius 1 is 1.56 bits per heavy atom. The lowest BCUT2D eigenvalue weighted by molar-refractivity contribution is -0.165. The van der Waals surface area contributed by atoms with Crippen LogP contribution < -0.4 is 10.1 Å². The molecule has 1 aliphatic rings. The first-order chi connectivity index (χ1) is 8.47. The molecule has 1 heterocycles. The summed E-state index contributed by atoms with van der Waals surface area (Å²) in [6.07, 6.45) is 0. The lowest BCUT2D eigenvalue weighted by atomic mass is 10.0. The Morgan fingerprint density at radius 3 is 2.94 bits per heavy atom. The summed E-state index contributed by atoms with van der Waals surface area (Å²) in [7, 11) is 0. The molecule has 6 heteroatoms. The highest BCUT2D eigenvalue weighted by atomic mass is 35.5. The maximum absolute atomic E-state index is 11.9. The van der Waals surface area contributed by atoms with Gasteiger partial charge in [-0.05, 0) is 26.0 Å². The van der Waals surface area contributed by atoms with Crippen LogP contribution in [-0.4, -0.2) is 24.1 Å². The molecule has 0 aliphatic carbocycles. The van der Waals surface area contributed by atoms with Gasteiger partial charge >= 0.3 is 5.97 Å². The van der Waals surface area contributed by atoms with Crippen molar-refractivity contribution in [2.24, 2.45) is 0 Å². The molecule has 2 rings (SSSR count). The number of rotatable bonds is 2. The number of esters is 1. The summed E-state index contributed by atoms with van der Waals surface area (Å²) in [5, 5.41) is 3.05. The van der Waals surface area contributed by atoms with Gasteiger partial charge in [0.1, 0.15) is 5.75 Å². The SMILES string of the molecule is CCOC(=O)[C@]1(C)Oc2cc(Cl)ccc2NC1=O. The molecule has 1 aromatic rings. The van der Waals surface area contributed by atoms with E-state index in [1.807, 2.05) is 0 Å². The largest absolute Gasteiger partial charge is 0.464 e. The molecule has 0 radical (unpaired) electrons. The molecule has 0 saturated carbocycles. The minimum atomic E-state index is -1.69. The van der Waals surface area contributed by atoms with E-state index in [-0.39, 0.29) is 6.61 Å². The van der Waals surface area contributed by atoms with Crippen LogP contribution in [0, 0.1) is 0 Å². The Kier molecular flexibility index (Phi) is 3.17.